The minimum Gasteiger partial charge on any atom is -0.497 e. The Morgan fingerprint density at radius 2 is 1.67 bits per heavy atom. The molecule has 0 amide bonds. The van der Waals surface area contributed by atoms with Crippen LogP contribution in [0.4, 0.5) is 4.39 Å². The van der Waals surface area contributed by atoms with Gasteiger partial charge in [0.05, 0.1) is 30.0 Å². The zero-order valence-corrected chi connectivity index (χ0v) is 17.8. The average Bonchev–Trinajstić information content (AvgIpc) is 3.48. The van der Waals surface area contributed by atoms with E-state index in [1.54, 1.807) is 31.6 Å². The van der Waals surface area contributed by atoms with Gasteiger partial charge in [-0.3, -0.25) is 10.1 Å². The molecular weight excluding hydrogens is 415 g/mol. The van der Waals surface area contributed by atoms with E-state index in [1.165, 1.54) is 6.07 Å². The summed E-state index contributed by atoms with van der Waals surface area (Å²) in [5, 5.41) is 9.57. The molecule has 0 unspecified atom stereocenters. The number of fused-ring (bicyclic) bond motifs is 2. The third kappa shape index (κ3) is 3.24. The summed E-state index contributed by atoms with van der Waals surface area (Å²) >= 11 is 0. The second-order valence-corrected chi connectivity index (χ2v) is 7.88. The van der Waals surface area contributed by atoms with Crippen molar-refractivity contribution in [2.24, 2.45) is 0 Å². The predicted molar refractivity (Wildman–Crippen MR) is 129 cm³/mol. The Balaban J connectivity index is 1.50. The van der Waals surface area contributed by atoms with Crippen molar-refractivity contribution in [3.63, 3.8) is 0 Å². The number of pyridine rings is 1. The van der Waals surface area contributed by atoms with Crippen molar-refractivity contribution < 1.29 is 9.13 Å². The molecule has 2 N–H and O–H groups in total. The minimum atomic E-state index is -0.275. The lowest BCUT2D eigenvalue weighted by molar-refractivity contribution is 0.415. The molecule has 0 spiro atoms. The van der Waals surface area contributed by atoms with Crippen molar-refractivity contribution in [3.05, 3.63) is 91.0 Å². The number of nitrogens with one attached hydrogen (secondary N) is 2. The quantitative estimate of drug-likeness (QED) is 0.329. The number of H-pyrrole nitrogens is 2. The Morgan fingerprint density at radius 3 is 2.55 bits per heavy atom. The highest BCUT2D eigenvalue weighted by Gasteiger charge is 2.16. The molecule has 0 aliphatic rings. The molecule has 160 valence electrons. The number of aromatic nitrogens is 4. The molecule has 6 rings (SSSR count). The van der Waals surface area contributed by atoms with Gasteiger partial charge in [0.1, 0.15) is 17.3 Å². The molecule has 0 saturated heterocycles. The van der Waals surface area contributed by atoms with Crippen LogP contribution in [0.25, 0.3) is 55.4 Å². The van der Waals surface area contributed by atoms with E-state index in [0.717, 1.165) is 55.6 Å². The third-order valence-electron chi connectivity index (χ3n) is 5.93. The van der Waals surface area contributed by atoms with Crippen molar-refractivity contribution in [2.75, 3.05) is 7.11 Å². The third-order valence-corrected chi connectivity index (χ3v) is 5.93. The molecule has 0 aliphatic heterocycles. The van der Waals surface area contributed by atoms with Crippen molar-refractivity contribution in [1.82, 2.24) is 20.2 Å². The van der Waals surface area contributed by atoms with Gasteiger partial charge < -0.3 is 9.72 Å². The monoisotopic (exact) mass is 434 g/mol. The predicted octanol–water partition coefficient (Wildman–Crippen LogP) is 6.59. The highest BCUT2D eigenvalue weighted by Crippen LogP contribution is 2.35. The molecule has 3 heterocycles. The number of halogens is 1. The van der Waals surface area contributed by atoms with Gasteiger partial charge in [0.15, 0.2) is 0 Å². The van der Waals surface area contributed by atoms with Crippen molar-refractivity contribution in [3.8, 4) is 39.4 Å². The van der Waals surface area contributed by atoms with E-state index < -0.39 is 0 Å². The number of benzene rings is 3. The molecule has 0 bridgehead atoms. The Bertz CT molecular complexity index is 1630. The van der Waals surface area contributed by atoms with Crippen LogP contribution < -0.4 is 4.74 Å². The second kappa shape index (κ2) is 7.60. The van der Waals surface area contributed by atoms with Gasteiger partial charge in [-0.05, 0) is 47.5 Å². The molecule has 0 radical (unpaired) electrons. The first kappa shape index (κ1) is 19.3. The van der Waals surface area contributed by atoms with Crippen LogP contribution in [-0.2, 0) is 0 Å². The first-order valence-corrected chi connectivity index (χ1v) is 10.6. The molecular formula is C27H19FN4O. The van der Waals surface area contributed by atoms with E-state index >= 15 is 0 Å². The fourth-order valence-corrected chi connectivity index (χ4v) is 4.27. The van der Waals surface area contributed by atoms with E-state index in [2.05, 4.69) is 38.4 Å². The lowest BCUT2D eigenvalue weighted by Crippen LogP contribution is -1.85. The lowest BCUT2D eigenvalue weighted by atomic mass is 10.0. The Labute approximate surface area is 188 Å². The summed E-state index contributed by atoms with van der Waals surface area (Å²) in [5.41, 5.74) is 6.78. The van der Waals surface area contributed by atoms with Gasteiger partial charge in [0.2, 0.25) is 0 Å². The van der Waals surface area contributed by atoms with Crippen LogP contribution in [0.3, 0.4) is 0 Å². The summed E-state index contributed by atoms with van der Waals surface area (Å²) in [4.78, 5) is 7.73. The molecule has 6 aromatic rings. The molecule has 3 aromatic heterocycles. The van der Waals surface area contributed by atoms with Gasteiger partial charge in [-0.25, -0.2) is 4.39 Å². The fourth-order valence-electron chi connectivity index (χ4n) is 4.27. The zero-order chi connectivity index (χ0) is 22.4. The van der Waals surface area contributed by atoms with E-state index in [9.17, 15) is 4.39 Å². The summed E-state index contributed by atoms with van der Waals surface area (Å²) in [6, 6.07) is 22.9. The van der Waals surface area contributed by atoms with Crippen LogP contribution in [0.15, 0.2) is 85.2 Å². The molecule has 5 nitrogen and oxygen atoms in total. The molecule has 0 fully saturated rings. The molecule has 33 heavy (non-hydrogen) atoms. The van der Waals surface area contributed by atoms with E-state index in [4.69, 9.17) is 4.74 Å². The minimum absolute atomic E-state index is 0.275. The SMILES string of the molecule is COc1cccc(-c2ccc3[nH]nc(-c4cc5c(-c6ccccc6F)cncc5[nH]4)c3c2)c1. The van der Waals surface area contributed by atoms with Gasteiger partial charge in [0.25, 0.3) is 0 Å². The largest absolute Gasteiger partial charge is 0.497 e. The maximum absolute atomic E-state index is 14.5. The number of aromatic amines is 2. The van der Waals surface area contributed by atoms with Gasteiger partial charge >= 0.3 is 0 Å². The van der Waals surface area contributed by atoms with E-state index in [1.807, 2.05) is 36.4 Å². The topological polar surface area (TPSA) is 66.6 Å². The standard InChI is InChI=1S/C27H19FN4O/c1-33-18-6-4-5-16(11-18)17-9-10-24-21(12-17)27(32-31-24)25-13-20-22(14-29-15-26(20)30-25)19-7-2-3-8-23(19)28/h2-15,30H,1H3,(H,31,32). The molecule has 6 heteroatoms. The normalized spacial score (nSPS) is 11.3. The van der Waals surface area contributed by atoms with Crippen LogP contribution >= 0.6 is 0 Å². The summed E-state index contributed by atoms with van der Waals surface area (Å²) in [7, 11) is 1.66. The first-order valence-electron chi connectivity index (χ1n) is 10.6. The number of methoxy groups -OCH3 is 1. The highest BCUT2D eigenvalue weighted by atomic mass is 19.1. The van der Waals surface area contributed by atoms with Crippen LogP contribution in [0.1, 0.15) is 0 Å². The van der Waals surface area contributed by atoms with Crippen LogP contribution in [0.5, 0.6) is 5.75 Å². The smallest absolute Gasteiger partial charge is 0.131 e. The number of rotatable bonds is 4. The zero-order valence-electron chi connectivity index (χ0n) is 17.8. The van der Waals surface area contributed by atoms with Crippen LogP contribution in [0, 0.1) is 5.82 Å². The van der Waals surface area contributed by atoms with Crippen molar-refractivity contribution >= 4 is 21.8 Å². The van der Waals surface area contributed by atoms with Gasteiger partial charge in [-0.15, -0.1) is 0 Å². The number of hydrogen-bond acceptors (Lipinski definition) is 3. The summed E-state index contributed by atoms with van der Waals surface area (Å²) in [5.74, 6) is 0.534. The number of nitrogens with zero attached hydrogens (tertiary/aromatic N) is 2. The summed E-state index contributed by atoms with van der Waals surface area (Å²) < 4.78 is 19.9. The van der Waals surface area contributed by atoms with Gasteiger partial charge in [-0.1, -0.05) is 36.4 Å². The maximum atomic E-state index is 14.5. The fraction of sp³-hybridized carbons (Fsp3) is 0.0370. The van der Waals surface area contributed by atoms with E-state index in [0.29, 0.717) is 5.56 Å². The van der Waals surface area contributed by atoms with Crippen molar-refractivity contribution in [1.29, 1.82) is 0 Å². The average molecular weight is 434 g/mol. The second-order valence-electron chi connectivity index (χ2n) is 7.88. The highest BCUT2D eigenvalue weighted by molar-refractivity contribution is 6.01. The first-order chi connectivity index (χ1) is 16.2. The molecule has 0 atom stereocenters. The van der Waals surface area contributed by atoms with Crippen LogP contribution in [0.2, 0.25) is 0 Å². The van der Waals surface area contributed by atoms with Crippen molar-refractivity contribution in [2.45, 2.75) is 0 Å². The van der Waals surface area contributed by atoms with Crippen LogP contribution in [-0.4, -0.2) is 27.3 Å². The summed E-state index contributed by atoms with van der Waals surface area (Å²) in [6.45, 7) is 0. The number of hydrogen-bond donors (Lipinski definition) is 2. The Morgan fingerprint density at radius 1 is 0.788 bits per heavy atom. The molecule has 3 aromatic carbocycles. The van der Waals surface area contributed by atoms with Gasteiger partial charge in [0, 0.05) is 28.1 Å². The number of ether oxygens (including phenoxy) is 1. The van der Waals surface area contributed by atoms with E-state index in [-0.39, 0.29) is 5.82 Å². The van der Waals surface area contributed by atoms with Gasteiger partial charge in [-0.2, -0.15) is 5.10 Å². The molecule has 0 aliphatic carbocycles. The summed E-state index contributed by atoms with van der Waals surface area (Å²) in [6.07, 6.45) is 3.45. The Kier molecular flexibility index (Phi) is 4.43. The molecule has 0 saturated carbocycles. The Hall–Kier alpha value is -4.45. The lowest BCUT2D eigenvalue weighted by Gasteiger charge is -2.05. The maximum Gasteiger partial charge on any atom is 0.131 e.